The van der Waals surface area contributed by atoms with Crippen LogP contribution in [0.25, 0.3) is 11.1 Å². The molecule has 0 saturated carbocycles. The van der Waals surface area contributed by atoms with Crippen LogP contribution in [0.15, 0.2) is 42.5 Å². The first-order valence-corrected chi connectivity index (χ1v) is 6.16. The molecule has 0 heterocycles. The molecule has 3 heteroatoms. The van der Waals surface area contributed by atoms with Crippen molar-refractivity contribution in [3.05, 3.63) is 53.8 Å². The van der Waals surface area contributed by atoms with Crippen molar-refractivity contribution in [2.24, 2.45) is 0 Å². The summed E-state index contributed by atoms with van der Waals surface area (Å²) in [5.41, 5.74) is 1.53. The zero-order chi connectivity index (χ0) is 13.8. The summed E-state index contributed by atoms with van der Waals surface area (Å²) in [6.07, 6.45) is 0. The van der Waals surface area contributed by atoms with Crippen LogP contribution in [0.4, 0.5) is 4.39 Å². The molecule has 2 aromatic rings. The maximum absolute atomic E-state index is 14.0. The summed E-state index contributed by atoms with van der Waals surface area (Å²) in [7, 11) is 0. The summed E-state index contributed by atoms with van der Waals surface area (Å²) in [6.45, 7) is 3.84. The number of carbonyl (C=O) groups excluding carboxylic acids is 1. The Bertz CT molecular complexity index is 605. The highest BCUT2D eigenvalue weighted by Crippen LogP contribution is 2.32. The Morgan fingerprint density at radius 3 is 2.58 bits per heavy atom. The highest BCUT2D eigenvalue weighted by Gasteiger charge is 2.12. The third-order valence-corrected chi connectivity index (χ3v) is 2.85. The molecule has 19 heavy (non-hydrogen) atoms. The summed E-state index contributed by atoms with van der Waals surface area (Å²) in [4.78, 5) is 11.4. The van der Waals surface area contributed by atoms with Gasteiger partial charge in [0.1, 0.15) is 11.6 Å². The zero-order valence-electron chi connectivity index (χ0n) is 10.9. The normalized spacial score (nSPS) is 10.3. The lowest BCUT2D eigenvalue weighted by Crippen LogP contribution is -1.97. The van der Waals surface area contributed by atoms with Crippen molar-refractivity contribution in [3.8, 4) is 16.9 Å². The third-order valence-electron chi connectivity index (χ3n) is 2.85. The minimum Gasteiger partial charge on any atom is -0.493 e. The van der Waals surface area contributed by atoms with Crippen LogP contribution in [0.5, 0.6) is 5.75 Å². The Hall–Kier alpha value is -2.16. The van der Waals surface area contributed by atoms with Gasteiger partial charge in [-0.3, -0.25) is 4.79 Å². The Morgan fingerprint density at radius 1 is 1.16 bits per heavy atom. The first kappa shape index (κ1) is 13.3. The minimum atomic E-state index is -0.364. The fourth-order valence-electron chi connectivity index (χ4n) is 1.92. The molecular weight excluding hydrogens is 243 g/mol. The SMILES string of the molecule is CCOc1ccccc1-c1cc(C(C)=O)ccc1F. The van der Waals surface area contributed by atoms with Gasteiger partial charge in [-0.05, 0) is 38.1 Å². The second kappa shape index (κ2) is 5.65. The fourth-order valence-corrected chi connectivity index (χ4v) is 1.92. The van der Waals surface area contributed by atoms with Gasteiger partial charge in [0.05, 0.1) is 6.61 Å². The molecule has 98 valence electrons. The predicted octanol–water partition coefficient (Wildman–Crippen LogP) is 4.09. The summed E-state index contributed by atoms with van der Waals surface area (Å²) in [6, 6.07) is 11.6. The average molecular weight is 258 g/mol. The smallest absolute Gasteiger partial charge is 0.159 e. The van der Waals surface area contributed by atoms with E-state index in [1.165, 1.54) is 19.1 Å². The van der Waals surface area contributed by atoms with Crippen LogP contribution in [-0.2, 0) is 0 Å². The second-order valence-electron chi connectivity index (χ2n) is 4.18. The summed E-state index contributed by atoms with van der Waals surface area (Å²) in [5, 5.41) is 0. The number of hydrogen-bond donors (Lipinski definition) is 0. The monoisotopic (exact) mass is 258 g/mol. The van der Waals surface area contributed by atoms with E-state index in [4.69, 9.17) is 4.74 Å². The highest BCUT2D eigenvalue weighted by molar-refractivity contribution is 5.95. The van der Waals surface area contributed by atoms with Crippen LogP contribution in [0.3, 0.4) is 0 Å². The molecule has 2 nitrogen and oxygen atoms in total. The Morgan fingerprint density at radius 2 is 1.89 bits per heavy atom. The molecule has 0 saturated heterocycles. The summed E-state index contributed by atoms with van der Waals surface area (Å²) < 4.78 is 19.5. The van der Waals surface area contributed by atoms with Crippen LogP contribution in [0.2, 0.25) is 0 Å². The van der Waals surface area contributed by atoms with Crippen molar-refractivity contribution < 1.29 is 13.9 Å². The fraction of sp³-hybridized carbons (Fsp3) is 0.188. The van der Waals surface area contributed by atoms with Crippen molar-refractivity contribution in [3.63, 3.8) is 0 Å². The van der Waals surface area contributed by atoms with Crippen LogP contribution in [0, 0.1) is 5.82 Å². The molecule has 2 rings (SSSR count). The van der Waals surface area contributed by atoms with E-state index in [1.807, 2.05) is 19.1 Å². The van der Waals surface area contributed by atoms with E-state index < -0.39 is 0 Å². The van der Waals surface area contributed by atoms with E-state index in [9.17, 15) is 9.18 Å². The lowest BCUT2D eigenvalue weighted by Gasteiger charge is -2.11. The highest BCUT2D eigenvalue weighted by atomic mass is 19.1. The number of carbonyl (C=O) groups is 1. The lowest BCUT2D eigenvalue weighted by molar-refractivity contribution is 0.101. The topological polar surface area (TPSA) is 26.3 Å². The van der Waals surface area contributed by atoms with Crippen LogP contribution in [0.1, 0.15) is 24.2 Å². The molecular formula is C16H15FO2. The number of ether oxygens (including phenoxy) is 1. The maximum atomic E-state index is 14.0. The van der Waals surface area contributed by atoms with Gasteiger partial charge in [0, 0.05) is 16.7 Å². The van der Waals surface area contributed by atoms with Gasteiger partial charge in [0.2, 0.25) is 0 Å². The van der Waals surface area contributed by atoms with Gasteiger partial charge in [0.15, 0.2) is 5.78 Å². The van der Waals surface area contributed by atoms with Crippen LogP contribution < -0.4 is 4.74 Å². The molecule has 0 spiro atoms. The van der Waals surface area contributed by atoms with E-state index in [0.29, 0.717) is 29.0 Å². The number of rotatable bonds is 4. The zero-order valence-corrected chi connectivity index (χ0v) is 10.9. The maximum Gasteiger partial charge on any atom is 0.159 e. The number of halogens is 1. The first-order chi connectivity index (χ1) is 9.13. The molecule has 0 aromatic heterocycles. The van der Waals surface area contributed by atoms with Crippen molar-refractivity contribution in [1.82, 2.24) is 0 Å². The number of para-hydroxylation sites is 1. The summed E-state index contributed by atoms with van der Waals surface area (Å²) >= 11 is 0. The van der Waals surface area contributed by atoms with Crippen molar-refractivity contribution in [1.29, 1.82) is 0 Å². The molecule has 0 aliphatic heterocycles. The molecule has 0 bridgehead atoms. The van der Waals surface area contributed by atoms with Gasteiger partial charge in [-0.15, -0.1) is 0 Å². The molecule has 0 aliphatic rings. The van der Waals surface area contributed by atoms with Gasteiger partial charge in [-0.25, -0.2) is 4.39 Å². The number of hydrogen-bond acceptors (Lipinski definition) is 2. The van der Waals surface area contributed by atoms with Crippen molar-refractivity contribution >= 4 is 5.78 Å². The van der Waals surface area contributed by atoms with E-state index >= 15 is 0 Å². The largest absolute Gasteiger partial charge is 0.493 e. The molecule has 0 radical (unpaired) electrons. The number of Topliss-reactive ketones (excluding diaryl/α,β-unsaturated/α-hetero) is 1. The molecule has 0 fully saturated rings. The quantitative estimate of drug-likeness (QED) is 0.772. The number of ketones is 1. The van der Waals surface area contributed by atoms with Gasteiger partial charge in [-0.1, -0.05) is 18.2 Å². The molecule has 0 atom stereocenters. The van der Waals surface area contributed by atoms with Crippen molar-refractivity contribution in [2.45, 2.75) is 13.8 Å². The van der Waals surface area contributed by atoms with Gasteiger partial charge >= 0.3 is 0 Å². The third kappa shape index (κ3) is 2.81. The Labute approximate surface area is 111 Å². The van der Waals surface area contributed by atoms with E-state index in [0.717, 1.165) is 0 Å². The molecule has 0 unspecified atom stereocenters. The Kier molecular flexibility index (Phi) is 3.95. The Balaban J connectivity index is 2.57. The van der Waals surface area contributed by atoms with Gasteiger partial charge < -0.3 is 4.74 Å². The van der Waals surface area contributed by atoms with Crippen molar-refractivity contribution in [2.75, 3.05) is 6.61 Å². The molecule has 0 N–H and O–H groups in total. The van der Waals surface area contributed by atoms with E-state index in [1.54, 1.807) is 18.2 Å². The molecule has 2 aromatic carbocycles. The number of benzene rings is 2. The summed E-state index contributed by atoms with van der Waals surface area (Å²) in [5.74, 6) is 0.164. The van der Waals surface area contributed by atoms with Gasteiger partial charge in [0.25, 0.3) is 0 Å². The van der Waals surface area contributed by atoms with Gasteiger partial charge in [-0.2, -0.15) is 0 Å². The average Bonchev–Trinajstić information content (AvgIpc) is 2.40. The molecule has 0 aliphatic carbocycles. The molecule has 0 amide bonds. The lowest BCUT2D eigenvalue weighted by atomic mass is 10.00. The predicted molar refractivity (Wildman–Crippen MR) is 73.0 cm³/mol. The van der Waals surface area contributed by atoms with E-state index in [-0.39, 0.29) is 11.6 Å². The van der Waals surface area contributed by atoms with E-state index in [2.05, 4.69) is 0 Å². The first-order valence-electron chi connectivity index (χ1n) is 6.16. The van der Waals surface area contributed by atoms with Crippen LogP contribution >= 0.6 is 0 Å². The second-order valence-corrected chi connectivity index (χ2v) is 4.18. The van der Waals surface area contributed by atoms with Crippen LogP contribution in [-0.4, -0.2) is 12.4 Å². The minimum absolute atomic E-state index is 0.0878. The standard InChI is InChI=1S/C16H15FO2/c1-3-19-16-7-5-4-6-13(16)14-10-12(11(2)18)8-9-15(14)17/h4-10H,3H2,1-2H3.